The number of aromatic nitrogens is 1. The average molecular weight is 679 g/mol. The SMILES string of the molecule is O=C(NCc1ccc(-c2ccccn2)cc1)C(=Cc1ccc(C(F)(F)F)cc1)[C@H](Cc1ccccc1)C(=O)N1CCN(Cc2ccco2)CC1. The van der Waals surface area contributed by atoms with Crippen molar-refractivity contribution in [2.75, 3.05) is 26.2 Å². The number of furan rings is 1. The summed E-state index contributed by atoms with van der Waals surface area (Å²) in [7, 11) is 0. The first kappa shape index (κ1) is 34.4. The molecule has 1 fully saturated rings. The molecule has 0 saturated carbocycles. The summed E-state index contributed by atoms with van der Waals surface area (Å²) in [6.45, 7) is 2.99. The molecule has 50 heavy (non-hydrogen) atoms. The summed E-state index contributed by atoms with van der Waals surface area (Å²) < 4.78 is 45.6. The molecule has 0 bridgehead atoms. The van der Waals surface area contributed by atoms with Gasteiger partial charge < -0.3 is 14.6 Å². The molecule has 2 aromatic heterocycles. The molecule has 6 rings (SSSR count). The zero-order valence-corrected chi connectivity index (χ0v) is 27.4. The molecule has 1 aliphatic rings. The second-order valence-corrected chi connectivity index (χ2v) is 12.2. The number of hydrogen-bond donors (Lipinski definition) is 1. The second-order valence-electron chi connectivity index (χ2n) is 12.2. The summed E-state index contributed by atoms with van der Waals surface area (Å²) in [6, 6.07) is 31.1. The number of rotatable bonds is 11. The first-order valence-electron chi connectivity index (χ1n) is 16.5. The third-order valence-electron chi connectivity index (χ3n) is 8.79. The molecule has 1 saturated heterocycles. The number of hydrogen-bond acceptors (Lipinski definition) is 5. The van der Waals surface area contributed by atoms with Gasteiger partial charge in [0.25, 0.3) is 0 Å². The van der Waals surface area contributed by atoms with E-state index >= 15 is 0 Å². The van der Waals surface area contributed by atoms with Gasteiger partial charge in [-0.15, -0.1) is 0 Å². The van der Waals surface area contributed by atoms with Crippen molar-refractivity contribution in [3.63, 3.8) is 0 Å². The van der Waals surface area contributed by atoms with Crippen molar-refractivity contribution < 1.29 is 27.2 Å². The number of amides is 2. The van der Waals surface area contributed by atoms with Crippen molar-refractivity contribution >= 4 is 17.9 Å². The van der Waals surface area contributed by atoms with Gasteiger partial charge in [0.05, 0.1) is 30.0 Å². The van der Waals surface area contributed by atoms with Crippen LogP contribution in [0, 0.1) is 5.92 Å². The zero-order valence-electron chi connectivity index (χ0n) is 27.4. The predicted molar refractivity (Wildman–Crippen MR) is 185 cm³/mol. The summed E-state index contributed by atoms with van der Waals surface area (Å²) in [5.41, 5.74) is 3.23. The Labute approximate surface area is 289 Å². The van der Waals surface area contributed by atoms with Crippen LogP contribution < -0.4 is 5.32 Å². The minimum absolute atomic E-state index is 0.182. The molecule has 10 heteroatoms. The normalized spacial score (nSPS) is 14.7. The van der Waals surface area contributed by atoms with Gasteiger partial charge in [-0.2, -0.15) is 13.2 Å². The number of benzene rings is 3. The van der Waals surface area contributed by atoms with E-state index in [0.717, 1.165) is 40.3 Å². The number of piperazine rings is 1. The van der Waals surface area contributed by atoms with Crippen molar-refractivity contribution in [3.8, 4) is 11.3 Å². The molecule has 1 aliphatic heterocycles. The van der Waals surface area contributed by atoms with Crippen LogP contribution in [0.1, 0.15) is 28.0 Å². The van der Waals surface area contributed by atoms with Crippen LogP contribution in [0.2, 0.25) is 0 Å². The Bertz CT molecular complexity index is 1870. The Morgan fingerprint density at radius 2 is 1.54 bits per heavy atom. The van der Waals surface area contributed by atoms with Gasteiger partial charge in [-0.25, -0.2) is 0 Å². The van der Waals surface area contributed by atoms with E-state index < -0.39 is 23.6 Å². The lowest BCUT2D eigenvalue weighted by Crippen LogP contribution is -2.51. The van der Waals surface area contributed by atoms with Crippen molar-refractivity contribution in [1.29, 1.82) is 0 Å². The average Bonchev–Trinajstić information content (AvgIpc) is 3.66. The van der Waals surface area contributed by atoms with Gasteiger partial charge in [0.2, 0.25) is 11.8 Å². The van der Waals surface area contributed by atoms with Crippen LogP contribution in [0.3, 0.4) is 0 Å². The number of alkyl halides is 3. The highest BCUT2D eigenvalue weighted by atomic mass is 19.4. The number of pyridine rings is 1. The van der Waals surface area contributed by atoms with Crippen LogP contribution in [0.25, 0.3) is 17.3 Å². The van der Waals surface area contributed by atoms with Crippen molar-refractivity contribution in [3.05, 3.63) is 155 Å². The molecule has 3 heterocycles. The highest BCUT2D eigenvalue weighted by Crippen LogP contribution is 2.30. The molecule has 5 aromatic rings. The lowest BCUT2D eigenvalue weighted by molar-refractivity contribution is -0.138. The van der Waals surface area contributed by atoms with Gasteiger partial charge in [0.1, 0.15) is 5.76 Å². The molecule has 2 amide bonds. The standard InChI is InChI=1S/C40H37F3N4O3/c41-40(42,43)33-17-13-30(14-18-33)25-35(38(48)45-27-31-11-15-32(16-12-31)37-10-4-5-19-44-37)36(26-29-7-2-1-3-8-29)39(49)47-22-20-46(21-23-47)28-34-9-6-24-50-34/h1-19,24-25,36H,20-23,26-28H2,(H,45,48)/t36-/m0/s1. The Kier molecular flexibility index (Phi) is 10.9. The number of nitrogens with one attached hydrogen (secondary N) is 1. The van der Waals surface area contributed by atoms with E-state index in [4.69, 9.17) is 4.42 Å². The second kappa shape index (κ2) is 15.8. The van der Waals surface area contributed by atoms with Crippen molar-refractivity contribution in [2.45, 2.75) is 25.7 Å². The molecule has 0 unspecified atom stereocenters. The van der Waals surface area contributed by atoms with Gasteiger partial charge >= 0.3 is 6.18 Å². The topological polar surface area (TPSA) is 78.7 Å². The fourth-order valence-electron chi connectivity index (χ4n) is 6.03. The lowest BCUT2D eigenvalue weighted by atomic mass is 9.88. The highest BCUT2D eigenvalue weighted by Gasteiger charge is 2.34. The van der Waals surface area contributed by atoms with Gasteiger partial charge in [-0.05, 0) is 65.6 Å². The van der Waals surface area contributed by atoms with Crippen LogP contribution in [0.15, 0.2) is 132 Å². The third kappa shape index (κ3) is 8.95. The third-order valence-corrected chi connectivity index (χ3v) is 8.79. The van der Waals surface area contributed by atoms with Crippen LogP contribution in [0.4, 0.5) is 13.2 Å². The number of halogens is 3. The molecule has 3 aromatic carbocycles. The van der Waals surface area contributed by atoms with E-state index in [1.165, 1.54) is 12.1 Å². The Hall–Kier alpha value is -5.48. The first-order chi connectivity index (χ1) is 24.2. The van der Waals surface area contributed by atoms with E-state index in [0.29, 0.717) is 38.3 Å². The Balaban J connectivity index is 1.27. The monoisotopic (exact) mass is 678 g/mol. The summed E-state index contributed by atoms with van der Waals surface area (Å²) in [6.07, 6.45) is 0.640. The number of carbonyl (C=O) groups is 2. The van der Waals surface area contributed by atoms with Crippen LogP contribution in [-0.2, 0) is 35.3 Å². The van der Waals surface area contributed by atoms with E-state index in [2.05, 4.69) is 15.2 Å². The summed E-state index contributed by atoms with van der Waals surface area (Å²) >= 11 is 0. The van der Waals surface area contributed by atoms with Crippen molar-refractivity contribution in [2.24, 2.45) is 5.92 Å². The van der Waals surface area contributed by atoms with E-state index in [1.807, 2.05) is 84.9 Å². The largest absolute Gasteiger partial charge is 0.468 e. The molecular formula is C40H37F3N4O3. The quantitative estimate of drug-likeness (QED) is 0.149. The summed E-state index contributed by atoms with van der Waals surface area (Å²) in [4.78, 5) is 36.9. The van der Waals surface area contributed by atoms with Crippen LogP contribution in [0.5, 0.6) is 0 Å². The van der Waals surface area contributed by atoms with Gasteiger partial charge in [0, 0.05) is 50.1 Å². The maximum atomic E-state index is 14.4. The van der Waals surface area contributed by atoms with Gasteiger partial charge in [-0.3, -0.25) is 19.5 Å². The molecule has 1 atom stereocenters. The smallest absolute Gasteiger partial charge is 0.416 e. The molecular weight excluding hydrogens is 641 g/mol. The van der Waals surface area contributed by atoms with E-state index in [-0.39, 0.29) is 24.4 Å². The first-order valence-corrected chi connectivity index (χ1v) is 16.5. The highest BCUT2D eigenvalue weighted by molar-refractivity contribution is 6.04. The Morgan fingerprint density at radius 1 is 0.820 bits per heavy atom. The maximum absolute atomic E-state index is 14.4. The molecule has 0 spiro atoms. The molecule has 256 valence electrons. The lowest BCUT2D eigenvalue weighted by Gasteiger charge is -2.36. The fraction of sp³-hybridized carbons (Fsp3) is 0.225. The van der Waals surface area contributed by atoms with Crippen LogP contribution in [-0.4, -0.2) is 52.8 Å². The molecule has 0 aliphatic carbocycles. The maximum Gasteiger partial charge on any atom is 0.416 e. The molecule has 0 radical (unpaired) electrons. The fourth-order valence-corrected chi connectivity index (χ4v) is 6.03. The summed E-state index contributed by atoms with van der Waals surface area (Å²) in [5.74, 6) is -0.719. The minimum Gasteiger partial charge on any atom is -0.468 e. The number of nitrogens with zero attached hydrogens (tertiary/aromatic N) is 3. The van der Waals surface area contributed by atoms with Crippen LogP contribution >= 0.6 is 0 Å². The Morgan fingerprint density at radius 3 is 2.18 bits per heavy atom. The van der Waals surface area contributed by atoms with Gasteiger partial charge in [-0.1, -0.05) is 72.8 Å². The van der Waals surface area contributed by atoms with E-state index in [1.54, 1.807) is 23.4 Å². The van der Waals surface area contributed by atoms with E-state index in [9.17, 15) is 22.8 Å². The van der Waals surface area contributed by atoms with Crippen molar-refractivity contribution in [1.82, 2.24) is 20.1 Å². The predicted octanol–water partition coefficient (Wildman–Crippen LogP) is 7.26. The molecule has 1 N–H and O–H groups in total. The zero-order chi connectivity index (χ0) is 34.9. The number of carbonyl (C=O) groups excluding carboxylic acids is 2. The minimum atomic E-state index is -4.50. The summed E-state index contributed by atoms with van der Waals surface area (Å²) in [5, 5.41) is 2.98. The van der Waals surface area contributed by atoms with Gasteiger partial charge in [0.15, 0.2) is 0 Å². The molecule has 7 nitrogen and oxygen atoms in total.